The summed E-state index contributed by atoms with van der Waals surface area (Å²) in [5, 5.41) is 3.41. The maximum atomic E-state index is 4.27. The molecule has 0 aliphatic rings. The molecule has 2 N–H and O–H groups in total. The number of aromatic nitrogens is 2. The molecule has 2 aromatic rings. The van der Waals surface area contributed by atoms with Gasteiger partial charge in [0.25, 0.3) is 0 Å². The zero-order chi connectivity index (χ0) is 12.3. The third-order valence-electron chi connectivity index (χ3n) is 2.77. The highest BCUT2D eigenvalue weighted by Crippen LogP contribution is 2.23. The molecular weight excluding hydrogens is 212 g/mol. The molecule has 0 atom stereocenters. The van der Waals surface area contributed by atoms with Crippen LogP contribution < -0.4 is 10.2 Å². The average molecular weight is 230 g/mol. The molecule has 0 saturated heterocycles. The lowest BCUT2D eigenvalue weighted by Crippen LogP contribution is -2.12. The van der Waals surface area contributed by atoms with Crippen molar-refractivity contribution in [2.75, 3.05) is 24.3 Å². The topological polar surface area (TPSA) is 44.0 Å². The van der Waals surface area contributed by atoms with E-state index in [1.54, 1.807) is 6.33 Å². The Kier molecular flexibility index (Phi) is 3.32. The van der Waals surface area contributed by atoms with Gasteiger partial charge in [-0.25, -0.2) is 4.98 Å². The maximum absolute atomic E-state index is 4.27. The first-order valence-electron chi connectivity index (χ1n) is 5.67. The number of rotatable bonds is 4. The number of hydrogen-bond donors (Lipinski definition) is 2. The highest BCUT2D eigenvalue weighted by atomic mass is 15.1. The maximum Gasteiger partial charge on any atom is 0.0925 e. The molecule has 0 saturated carbocycles. The highest BCUT2D eigenvalue weighted by Gasteiger charge is 2.05. The van der Waals surface area contributed by atoms with Crippen molar-refractivity contribution >= 4 is 11.4 Å². The minimum atomic E-state index is 0.736. The van der Waals surface area contributed by atoms with Gasteiger partial charge in [-0.1, -0.05) is 12.1 Å². The number of hydrogen-bond acceptors (Lipinski definition) is 3. The molecule has 0 aliphatic heterocycles. The van der Waals surface area contributed by atoms with E-state index in [4.69, 9.17) is 0 Å². The van der Waals surface area contributed by atoms with Gasteiger partial charge in [-0.05, 0) is 19.1 Å². The summed E-state index contributed by atoms with van der Waals surface area (Å²) in [4.78, 5) is 9.45. The summed E-state index contributed by atoms with van der Waals surface area (Å²) < 4.78 is 0. The molecule has 0 radical (unpaired) electrons. The van der Waals surface area contributed by atoms with Gasteiger partial charge in [-0.15, -0.1) is 0 Å². The smallest absolute Gasteiger partial charge is 0.0925 e. The van der Waals surface area contributed by atoms with Crippen molar-refractivity contribution in [3.05, 3.63) is 42.0 Å². The van der Waals surface area contributed by atoms with Crippen LogP contribution in [0.1, 0.15) is 11.4 Å². The standard InChI is InChI=1S/C13H18N4/c1-10-12(16-9-15-10)8-14-11-6-4-5-7-13(11)17(2)3/h4-7,9,14H,8H2,1-3H3,(H,15,16). The normalized spacial score (nSPS) is 10.3. The Balaban J connectivity index is 2.11. The summed E-state index contributed by atoms with van der Waals surface area (Å²) in [7, 11) is 4.08. The molecule has 0 amide bonds. The SMILES string of the molecule is Cc1[nH]cnc1CNc1ccccc1N(C)C. The lowest BCUT2D eigenvalue weighted by Gasteiger charge is -2.18. The first kappa shape index (κ1) is 11.5. The van der Waals surface area contributed by atoms with Crippen LogP contribution >= 0.6 is 0 Å². The molecule has 17 heavy (non-hydrogen) atoms. The van der Waals surface area contributed by atoms with Gasteiger partial charge in [0.05, 0.1) is 29.9 Å². The predicted molar refractivity (Wildman–Crippen MR) is 71.4 cm³/mol. The third-order valence-corrected chi connectivity index (χ3v) is 2.77. The van der Waals surface area contributed by atoms with Crippen molar-refractivity contribution < 1.29 is 0 Å². The number of para-hydroxylation sites is 2. The second kappa shape index (κ2) is 4.91. The van der Waals surface area contributed by atoms with Crippen molar-refractivity contribution in [3.63, 3.8) is 0 Å². The fraction of sp³-hybridized carbons (Fsp3) is 0.308. The van der Waals surface area contributed by atoms with Gasteiger partial charge in [-0.2, -0.15) is 0 Å². The number of imidazole rings is 1. The number of anilines is 2. The van der Waals surface area contributed by atoms with Crippen LogP contribution in [0, 0.1) is 6.92 Å². The number of nitrogens with zero attached hydrogens (tertiary/aromatic N) is 2. The van der Waals surface area contributed by atoms with E-state index in [9.17, 15) is 0 Å². The molecule has 0 aliphatic carbocycles. The van der Waals surface area contributed by atoms with Gasteiger partial charge in [-0.3, -0.25) is 0 Å². The minimum absolute atomic E-state index is 0.736. The molecule has 4 heteroatoms. The molecule has 4 nitrogen and oxygen atoms in total. The van der Waals surface area contributed by atoms with E-state index < -0.39 is 0 Å². The Bertz CT molecular complexity index is 488. The molecular formula is C13H18N4. The largest absolute Gasteiger partial charge is 0.378 e. The van der Waals surface area contributed by atoms with Gasteiger partial charge in [0.1, 0.15) is 0 Å². The molecule has 0 unspecified atom stereocenters. The quantitative estimate of drug-likeness (QED) is 0.847. The average Bonchev–Trinajstić information content (AvgIpc) is 2.72. The summed E-state index contributed by atoms with van der Waals surface area (Å²) in [6.45, 7) is 2.77. The lowest BCUT2D eigenvalue weighted by atomic mass is 10.2. The van der Waals surface area contributed by atoms with Gasteiger partial charge < -0.3 is 15.2 Å². The summed E-state index contributed by atoms with van der Waals surface area (Å²) in [6, 6.07) is 8.25. The van der Waals surface area contributed by atoms with Gasteiger partial charge in [0.2, 0.25) is 0 Å². The Labute approximate surface area is 102 Å². The third kappa shape index (κ3) is 2.58. The van der Waals surface area contributed by atoms with Crippen LogP contribution in [-0.2, 0) is 6.54 Å². The summed E-state index contributed by atoms with van der Waals surface area (Å²) in [6.07, 6.45) is 1.73. The lowest BCUT2D eigenvalue weighted by molar-refractivity contribution is 1.04. The summed E-state index contributed by atoms with van der Waals surface area (Å²) in [5.74, 6) is 0. The number of aromatic amines is 1. The van der Waals surface area contributed by atoms with Crippen LogP contribution in [-0.4, -0.2) is 24.1 Å². The highest BCUT2D eigenvalue weighted by molar-refractivity contribution is 5.69. The van der Waals surface area contributed by atoms with Crippen molar-refractivity contribution in [3.8, 4) is 0 Å². The van der Waals surface area contributed by atoms with E-state index in [1.165, 1.54) is 5.69 Å². The van der Waals surface area contributed by atoms with Crippen LogP contribution in [0.15, 0.2) is 30.6 Å². The van der Waals surface area contributed by atoms with E-state index >= 15 is 0 Å². The van der Waals surface area contributed by atoms with E-state index in [-0.39, 0.29) is 0 Å². The predicted octanol–water partition coefficient (Wildman–Crippen LogP) is 2.40. The molecule has 0 bridgehead atoms. The number of nitrogens with one attached hydrogen (secondary N) is 2. The molecule has 1 aromatic carbocycles. The van der Waals surface area contributed by atoms with Crippen molar-refractivity contribution in [2.45, 2.75) is 13.5 Å². The summed E-state index contributed by atoms with van der Waals surface area (Å²) in [5.41, 5.74) is 4.47. The summed E-state index contributed by atoms with van der Waals surface area (Å²) >= 11 is 0. The zero-order valence-electron chi connectivity index (χ0n) is 10.5. The van der Waals surface area contributed by atoms with Crippen molar-refractivity contribution in [2.24, 2.45) is 0 Å². The van der Waals surface area contributed by atoms with E-state index in [1.807, 2.05) is 33.2 Å². The molecule has 0 spiro atoms. The number of H-pyrrole nitrogens is 1. The van der Waals surface area contributed by atoms with E-state index in [0.29, 0.717) is 0 Å². The van der Waals surface area contributed by atoms with Crippen molar-refractivity contribution in [1.29, 1.82) is 0 Å². The first-order valence-corrected chi connectivity index (χ1v) is 5.67. The fourth-order valence-electron chi connectivity index (χ4n) is 1.76. The molecule has 1 heterocycles. The van der Waals surface area contributed by atoms with Gasteiger partial charge in [0, 0.05) is 19.8 Å². The second-order valence-corrected chi connectivity index (χ2v) is 4.24. The molecule has 90 valence electrons. The fourth-order valence-corrected chi connectivity index (χ4v) is 1.76. The van der Waals surface area contributed by atoms with Crippen LogP contribution in [0.5, 0.6) is 0 Å². The Morgan fingerprint density at radius 2 is 2.06 bits per heavy atom. The molecule has 0 fully saturated rings. The van der Waals surface area contributed by atoms with Crippen LogP contribution in [0.3, 0.4) is 0 Å². The number of aryl methyl sites for hydroxylation is 1. The Hall–Kier alpha value is -1.97. The second-order valence-electron chi connectivity index (χ2n) is 4.24. The van der Waals surface area contributed by atoms with E-state index in [2.05, 4.69) is 32.3 Å². The molecule has 2 rings (SSSR count). The van der Waals surface area contributed by atoms with E-state index in [0.717, 1.165) is 23.6 Å². The Morgan fingerprint density at radius 1 is 1.29 bits per heavy atom. The van der Waals surface area contributed by atoms with Crippen LogP contribution in [0.2, 0.25) is 0 Å². The van der Waals surface area contributed by atoms with Crippen LogP contribution in [0.25, 0.3) is 0 Å². The Morgan fingerprint density at radius 3 is 2.71 bits per heavy atom. The first-order chi connectivity index (χ1) is 8.18. The molecule has 1 aromatic heterocycles. The van der Waals surface area contributed by atoms with Crippen LogP contribution in [0.4, 0.5) is 11.4 Å². The zero-order valence-corrected chi connectivity index (χ0v) is 10.5. The van der Waals surface area contributed by atoms with Gasteiger partial charge in [0.15, 0.2) is 0 Å². The van der Waals surface area contributed by atoms with Gasteiger partial charge >= 0.3 is 0 Å². The van der Waals surface area contributed by atoms with Crippen molar-refractivity contribution in [1.82, 2.24) is 9.97 Å². The monoisotopic (exact) mass is 230 g/mol. The minimum Gasteiger partial charge on any atom is -0.378 e. The number of benzene rings is 1.